The van der Waals surface area contributed by atoms with Gasteiger partial charge in [0.2, 0.25) is 0 Å². The minimum Gasteiger partial charge on any atom is -0.314 e. The van der Waals surface area contributed by atoms with Crippen LogP contribution in [-0.2, 0) is 13.0 Å². The highest BCUT2D eigenvalue weighted by molar-refractivity contribution is 5.28. The molecular weight excluding hydrogens is 256 g/mol. The van der Waals surface area contributed by atoms with E-state index < -0.39 is 0 Å². The average Bonchev–Trinajstić information content (AvgIpc) is 2.98. The number of rotatable bonds is 6. The van der Waals surface area contributed by atoms with Crippen molar-refractivity contribution in [2.24, 2.45) is 5.92 Å². The fraction of sp³-hybridized carbons (Fsp3) is 0.684. The van der Waals surface area contributed by atoms with E-state index in [1.165, 1.54) is 58.2 Å². The van der Waals surface area contributed by atoms with E-state index in [1.807, 2.05) is 0 Å². The molecule has 1 saturated carbocycles. The van der Waals surface area contributed by atoms with E-state index in [9.17, 15) is 0 Å². The van der Waals surface area contributed by atoms with Crippen LogP contribution in [0.4, 0.5) is 0 Å². The Hall–Kier alpha value is -0.860. The Bertz CT molecular complexity index is 443. The highest BCUT2D eigenvalue weighted by atomic mass is 15.1. The summed E-state index contributed by atoms with van der Waals surface area (Å²) in [5.74, 6) is 0.911. The number of hydrogen-bond donors (Lipinski definition) is 1. The van der Waals surface area contributed by atoms with Crippen molar-refractivity contribution < 1.29 is 0 Å². The van der Waals surface area contributed by atoms with E-state index in [4.69, 9.17) is 0 Å². The van der Waals surface area contributed by atoms with Gasteiger partial charge in [-0.25, -0.2) is 0 Å². The van der Waals surface area contributed by atoms with Crippen LogP contribution in [0, 0.1) is 5.92 Å². The van der Waals surface area contributed by atoms with E-state index in [-0.39, 0.29) is 0 Å². The molecule has 0 radical (unpaired) electrons. The van der Waals surface area contributed by atoms with Crippen molar-refractivity contribution in [1.29, 1.82) is 0 Å². The largest absolute Gasteiger partial charge is 0.314 e. The molecule has 2 atom stereocenters. The molecule has 116 valence electrons. The Kier molecular flexibility index (Phi) is 5.32. The third kappa shape index (κ3) is 3.87. The lowest BCUT2D eigenvalue weighted by molar-refractivity contribution is 0.225. The molecule has 21 heavy (non-hydrogen) atoms. The van der Waals surface area contributed by atoms with Crippen molar-refractivity contribution >= 4 is 0 Å². The molecule has 1 N–H and O–H groups in total. The van der Waals surface area contributed by atoms with Crippen LogP contribution < -0.4 is 5.32 Å². The molecule has 3 rings (SSSR count). The van der Waals surface area contributed by atoms with Crippen molar-refractivity contribution in [1.82, 2.24) is 10.2 Å². The Morgan fingerprint density at radius 2 is 2.05 bits per heavy atom. The van der Waals surface area contributed by atoms with Gasteiger partial charge in [0.25, 0.3) is 0 Å². The van der Waals surface area contributed by atoms with Crippen LogP contribution in [0.5, 0.6) is 0 Å². The van der Waals surface area contributed by atoms with Gasteiger partial charge in [0.1, 0.15) is 0 Å². The molecule has 0 bridgehead atoms. The summed E-state index contributed by atoms with van der Waals surface area (Å²) in [6.07, 6.45) is 8.13. The number of hydrogen-bond acceptors (Lipinski definition) is 2. The molecule has 2 heteroatoms. The predicted molar refractivity (Wildman–Crippen MR) is 89.5 cm³/mol. The van der Waals surface area contributed by atoms with Gasteiger partial charge in [-0.15, -0.1) is 0 Å². The first kappa shape index (κ1) is 15.1. The van der Waals surface area contributed by atoms with Crippen molar-refractivity contribution in [3.05, 3.63) is 35.4 Å². The fourth-order valence-corrected chi connectivity index (χ4v) is 4.07. The van der Waals surface area contributed by atoms with Crippen molar-refractivity contribution in [2.45, 2.75) is 58.0 Å². The van der Waals surface area contributed by atoms with E-state index in [0.717, 1.165) is 18.5 Å². The van der Waals surface area contributed by atoms with Gasteiger partial charge < -0.3 is 5.32 Å². The van der Waals surface area contributed by atoms with Crippen LogP contribution in [-0.4, -0.2) is 30.6 Å². The Labute approximate surface area is 129 Å². The molecule has 1 heterocycles. The SMILES string of the molecule is CCCNC1CCCC1CCN1CCc2ccccc2C1. The quantitative estimate of drug-likeness (QED) is 0.859. The second kappa shape index (κ2) is 7.42. The summed E-state index contributed by atoms with van der Waals surface area (Å²) in [5, 5.41) is 3.77. The molecule has 0 amide bonds. The molecule has 1 aliphatic carbocycles. The molecule has 2 nitrogen and oxygen atoms in total. The topological polar surface area (TPSA) is 15.3 Å². The number of nitrogens with one attached hydrogen (secondary N) is 1. The number of nitrogens with zero attached hydrogens (tertiary/aromatic N) is 1. The summed E-state index contributed by atoms with van der Waals surface area (Å²) in [7, 11) is 0. The molecule has 2 unspecified atom stereocenters. The monoisotopic (exact) mass is 286 g/mol. The Morgan fingerprint density at radius 3 is 2.90 bits per heavy atom. The lowest BCUT2D eigenvalue weighted by Gasteiger charge is -2.30. The fourth-order valence-electron chi connectivity index (χ4n) is 4.07. The third-order valence-electron chi connectivity index (χ3n) is 5.34. The first-order valence-corrected chi connectivity index (χ1v) is 8.89. The summed E-state index contributed by atoms with van der Waals surface area (Å²) in [6.45, 7) is 7.15. The van der Waals surface area contributed by atoms with Gasteiger partial charge in [0, 0.05) is 19.1 Å². The van der Waals surface area contributed by atoms with Gasteiger partial charge in [-0.2, -0.15) is 0 Å². The van der Waals surface area contributed by atoms with Gasteiger partial charge in [0.05, 0.1) is 0 Å². The van der Waals surface area contributed by atoms with Gasteiger partial charge in [0.15, 0.2) is 0 Å². The maximum atomic E-state index is 3.77. The average molecular weight is 286 g/mol. The summed E-state index contributed by atoms with van der Waals surface area (Å²) in [4.78, 5) is 2.66. The molecule has 1 aliphatic heterocycles. The second-order valence-corrected chi connectivity index (χ2v) is 6.84. The van der Waals surface area contributed by atoms with Gasteiger partial charge in [-0.1, -0.05) is 37.6 Å². The van der Waals surface area contributed by atoms with Gasteiger partial charge >= 0.3 is 0 Å². The van der Waals surface area contributed by atoms with Crippen LogP contribution >= 0.6 is 0 Å². The molecule has 0 saturated heterocycles. The first-order valence-electron chi connectivity index (χ1n) is 8.89. The molecular formula is C19H30N2. The lowest BCUT2D eigenvalue weighted by atomic mass is 9.96. The van der Waals surface area contributed by atoms with Crippen LogP contribution in [0.3, 0.4) is 0 Å². The third-order valence-corrected chi connectivity index (χ3v) is 5.34. The maximum absolute atomic E-state index is 3.77. The second-order valence-electron chi connectivity index (χ2n) is 6.84. The molecule has 1 fully saturated rings. The Morgan fingerprint density at radius 1 is 1.19 bits per heavy atom. The summed E-state index contributed by atoms with van der Waals surface area (Å²) >= 11 is 0. The zero-order chi connectivity index (χ0) is 14.5. The maximum Gasteiger partial charge on any atom is 0.0236 e. The Balaban J connectivity index is 1.47. The molecule has 2 aliphatic rings. The highest BCUT2D eigenvalue weighted by Crippen LogP contribution is 2.29. The summed E-state index contributed by atoms with van der Waals surface area (Å²) < 4.78 is 0. The molecule has 1 aromatic carbocycles. The zero-order valence-electron chi connectivity index (χ0n) is 13.5. The number of benzene rings is 1. The van der Waals surface area contributed by atoms with Crippen LogP contribution in [0.25, 0.3) is 0 Å². The normalized spacial score (nSPS) is 26.0. The molecule has 0 aromatic heterocycles. The summed E-state index contributed by atoms with van der Waals surface area (Å²) in [6, 6.07) is 9.76. The van der Waals surface area contributed by atoms with Crippen LogP contribution in [0.2, 0.25) is 0 Å². The van der Waals surface area contributed by atoms with E-state index >= 15 is 0 Å². The predicted octanol–water partition coefficient (Wildman–Crippen LogP) is 3.60. The van der Waals surface area contributed by atoms with Crippen molar-refractivity contribution in [2.75, 3.05) is 19.6 Å². The lowest BCUT2D eigenvalue weighted by Crippen LogP contribution is -2.36. The standard InChI is InChI=1S/C19H30N2/c1-2-12-20-19-9-5-8-17(19)11-14-21-13-10-16-6-3-4-7-18(16)15-21/h3-4,6-7,17,19-20H,2,5,8-15H2,1H3. The minimum atomic E-state index is 0.794. The number of fused-ring (bicyclic) bond motifs is 1. The summed E-state index contributed by atoms with van der Waals surface area (Å²) in [5.41, 5.74) is 3.12. The van der Waals surface area contributed by atoms with Gasteiger partial charge in [-0.3, -0.25) is 4.90 Å². The highest BCUT2D eigenvalue weighted by Gasteiger charge is 2.27. The van der Waals surface area contributed by atoms with Crippen molar-refractivity contribution in [3.63, 3.8) is 0 Å². The minimum absolute atomic E-state index is 0.794. The molecule has 1 aromatic rings. The smallest absolute Gasteiger partial charge is 0.0236 e. The van der Waals surface area contributed by atoms with E-state index in [2.05, 4.69) is 41.4 Å². The van der Waals surface area contributed by atoms with Crippen molar-refractivity contribution in [3.8, 4) is 0 Å². The van der Waals surface area contributed by atoms with Gasteiger partial charge in [-0.05, 0) is 62.2 Å². The van der Waals surface area contributed by atoms with E-state index in [1.54, 1.807) is 11.1 Å². The zero-order valence-corrected chi connectivity index (χ0v) is 13.5. The first-order chi connectivity index (χ1) is 10.4. The molecule has 0 spiro atoms. The van der Waals surface area contributed by atoms with Crippen LogP contribution in [0.15, 0.2) is 24.3 Å². The van der Waals surface area contributed by atoms with Crippen LogP contribution in [0.1, 0.15) is 50.2 Å². The van der Waals surface area contributed by atoms with E-state index in [0.29, 0.717) is 0 Å².